The minimum Gasteiger partial charge on any atom is -0.357 e. The molecular weight excluding hydrogens is 310 g/mol. The second-order valence-corrected chi connectivity index (χ2v) is 9.68. The van der Waals surface area contributed by atoms with Crippen LogP contribution in [0.2, 0.25) is 0 Å². The van der Waals surface area contributed by atoms with Crippen LogP contribution in [0.25, 0.3) is 6.08 Å². The second-order valence-electron chi connectivity index (χ2n) is 9.68. The zero-order valence-electron chi connectivity index (χ0n) is 15.7. The molecule has 0 N–H and O–H groups in total. The lowest BCUT2D eigenvalue weighted by atomic mass is 9.46. The van der Waals surface area contributed by atoms with Crippen LogP contribution in [0.3, 0.4) is 0 Å². The minimum absolute atomic E-state index is 0.252. The van der Waals surface area contributed by atoms with Gasteiger partial charge in [0, 0.05) is 11.5 Å². The van der Waals surface area contributed by atoms with Gasteiger partial charge in [-0.2, -0.15) is 0 Å². The van der Waals surface area contributed by atoms with Gasteiger partial charge in [0.15, 0.2) is 5.76 Å². The molecule has 0 spiro atoms. The summed E-state index contributed by atoms with van der Waals surface area (Å²) in [5, 5.41) is 4.03. The fourth-order valence-corrected chi connectivity index (χ4v) is 7.55. The van der Waals surface area contributed by atoms with Crippen LogP contribution in [-0.2, 0) is 11.2 Å². The third kappa shape index (κ3) is 1.98. The van der Waals surface area contributed by atoms with Gasteiger partial charge in [-0.05, 0) is 86.5 Å². The summed E-state index contributed by atoms with van der Waals surface area (Å²) < 4.78 is 5.45. The summed E-state index contributed by atoms with van der Waals surface area (Å²) in [6.45, 7) is 6.74. The minimum atomic E-state index is 0.252. The summed E-state index contributed by atoms with van der Waals surface area (Å²) in [6, 6.07) is 0. The maximum Gasteiger partial charge on any atom is 0.162 e. The van der Waals surface area contributed by atoms with Crippen molar-refractivity contribution < 1.29 is 9.32 Å². The van der Waals surface area contributed by atoms with Gasteiger partial charge >= 0.3 is 0 Å². The molecule has 3 nitrogen and oxygen atoms in total. The van der Waals surface area contributed by atoms with Crippen LogP contribution in [0.5, 0.6) is 0 Å². The molecular formula is C22H29NO2. The summed E-state index contributed by atoms with van der Waals surface area (Å²) in [5.41, 5.74) is 3.38. The lowest BCUT2D eigenvalue weighted by Gasteiger charge is -2.57. The Morgan fingerprint density at radius 1 is 1.20 bits per heavy atom. The quantitative estimate of drug-likeness (QED) is 0.718. The monoisotopic (exact) mass is 339 g/mol. The molecule has 3 saturated carbocycles. The molecule has 0 bridgehead atoms. The van der Waals surface area contributed by atoms with Gasteiger partial charge in [0.05, 0.1) is 6.20 Å². The van der Waals surface area contributed by atoms with Gasteiger partial charge in [0.1, 0.15) is 5.78 Å². The van der Waals surface area contributed by atoms with Crippen LogP contribution in [0, 0.1) is 34.5 Å². The van der Waals surface area contributed by atoms with Gasteiger partial charge in [-0.3, -0.25) is 4.79 Å². The van der Waals surface area contributed by atoms with Crippen LogP contribution in [0.1, 0.15) is 70.6 Å². The van der Waals surface area contributed by atoms with Gasteiger partial charge in [-0.15, -0.1) is 0 Å². The van der Waals surface area contributed by atoms with E-state index >= 15 is 0 Å². The van der Waals surface area contributed by atoms with Crippen molar-refractivity contribution in [2.75, 3.05) is 0 Å². The van der Waals surface area contributed by atoms with Crippen molar-refractivity contribution in [1.29, 1.82) is 0 Å². The molecule has 4 aliphatic carbocycles. The number of allylic oxidation sites excluding steroid dienone is 1. The van der Waals surface area contributed by atoms with Crippen molar-refractivity contribution in [2.24, 2.45) is 34.5 Å². The van der Waals surface area contributed by atoms with E-state index in [4.69, 9.17) is 4.52 Å². The summed E-state index contributed by atoms with van der Waals surface area (Å²) in [7, 11) is 0. The molecule has 0 radical (unpaired) electrons. The number of rotatable bonds is 1. The largest absolute Gasteiger partial charge is 0.357 e. The van der Waals surface area contributed by atoms with Crippen LogP contribution in [-0.4, -0.2) is 10.9 Å². The number of fused-ring (bicyclic) bond motifs is 6. The first kappa shape index (κ1) is 15.8. The molecule has 1 heterocycles. The molecule has 0 amide bonds. The summed E-state index contributed by atoms with van der Waals surface area (Å²) >= 11 is 0. The van der Waals surface area contributed by atoms with Gasteiger partial charge in [0.2, 0.25) is 0 Å². The van der Waals surface area contributed by atoms with Crippen molar-refractivity contribution in [1.82, 2.24) is 5.16 Å². The molecule has 6 atom stereocenters. The predicted molar refractivity (Wildman–Crippen MR) is 96.7 cm³/mol. The van der Waals surface area contributed by atoms with Gasteiger partial charge in [-0.25, -0.2) is 0 Å². The summed E-state index contributed by atoms with van der Waals surface area (Å²) in [4.78, 5) is 12.2. The van der Waals surface area contributed by atoms with E-state index in [0.29, 0.717) is 11.7 Å². The first-order valence-corrected chi connectivity index (χ1v) is 10.1. The van der Waals surface area contributed by atoms with Crippen molar-refractivity contribution in [3.8, 4) is 0 Å². The molecule has 3 fully saturated rings. The van der Waals surface area contributed by atoms with E-state index in [0.717, 1.165) is 36.4 Å². The smallest absolute Gasteiger partial charge is 0.162 e. The SMILES string of the molecule is CC(=O)C1CCC2C3CCC4=Cc5oncc5CC4(C)C3CCC12C. The summed E-state index contributed by atoms with van der Waals surface area (Å²) in [6.07, 6.45) is 12.7. The number of Topliss-reactive ketones (excluding diaryl/α,β-unsaturated/α-hetero) is 1. The number of carbonyl (C=O) groups excluding carboxylic acids is 1. The maximum atomic E-state index is 12.2. The Labute approximate surface area is 150 Å². The molecule has 25 heavy (non-hydrogen) atoms. The van der Waals surface area contributed by atoms with Crippen LogP contribution in [0.15, 0.2) is 16.3 Å². The lowest BCUT2D eigenvalue weighted by molar-refractivity contribution is -0.127. The van der Waals surface area contributed by atoms with Crippen LogP contribution in [0.4, 0.5) is 0 Å². The fraction of sp³-hybridized carbons (Fsp3) is 0.727. The highest BCUT2D eigenvalue weighted by molar-refractivity contribution is 5.79. The number of aromatic nitrogens is 1. The normalized spacial score (nSPS) is 45.0. The van der Waals surface area contributed by atoms with E-state index < -0.39 is 0 Å². The molecule has 5 rings (SSSR count). The highest BCUT2D eigenvalue weighted by atomic mass is 16.5. The average molecular weight is 339 g/mol. The molecule has 0 aliphatic heterocycles. The third-order valence-electron chi connectivity index (χ3n) is 8.77. The molecule has 0 saturated heterocycles. The number of nitrogens with zero attached hydrogens (tertiary/aromatic N) is 1. The zero-order valence-corrected chi connectivity index (χ0v) is 15.7. The molecule has 134 valence electrons. The number of ketones is 1. The van der Waals surface area contributed by atoms with Gasteiger partial charge < -0.3 is 4.52 Å². The maximum absolute atomic E-state index is 12.2. The van der Waals surface area contributed by atoms with Crippen LogP contribution < -0.4 is 0 Å². The van der Waals surface area contributed by atoms with Crippen molar-refractivity contribution in [2.45, 2.75) is 65.7 Å². The Hall–Kier alpha value is -1.38. The Morgan fingerprint density at radius 3 is 2.84 bits per heavy atom. The predicted octanol–water partition coefficient (Wildman–Crippen LogP) is 5.06. The van der Waals surface area contributed by atoms with E-state index in [1.54, 1.807) is 5.57 Å². The summed E-state index contributed by atoms with van der Waals surface area (Å²) in [5.74, 6) is 3.99. The molecule has 6 unspecified atom stereocenters. The van der Waals surface area contributed by atoms with E-state index in [1.807, 2.05) is 13.1 Å². The fourth-order valence-electron chi connectivity index (χ4n) is 7.55. The van der Waals surface area contributed by atoms with Crippen molar-refractivity contribution in [3.05, 3.63) is 23.1 Å². The molecule has 1 aromatic heterocycles. The van der Waals surface area contributed by atoms with Crippen molar-refractivity contribution >= 4 is 11.9 Å². The van der Waals surface area contributed by atoms with Gasteiger partial charge in [-0.1, -0.05) is 24.6 Å². The average Bonchev–Trinajstić information content (AvgIpc) is 3.14. The first-order valence-electron chi connectivity index (χ1n) is 10.1. The zero-order chi connectivity index (χ0) is 17.4. The Balaban J connectivity index is 1.51. The first-order chi connectivity index (χ1) is 11.9. The van der Waals surface area contributed by atoms with E-state index in [1.165, 1.54) is 37.7 Å². The van der Waals surface area contributed by atoms with E-state index in [-0.39, 0.29) is 10.8 Å². The lowest BCUT2D eigenvalue weighted by Crippen LogP contribution is -2.51. The molecule has 4 aliphatic rings. The number of carbonyl (C=O) groups is 1. The number of hydrogen-bond acceptors (Lipinski definition) is 3. The van der Waals surface area contributed by atoms with Crippen molar-refractivity contribution in [3.63, 3.8) is 0 Å². The van der Waals surface area contributed by atoms with Gasteiger partial charge in [0.25, 0.3) is 0 Å². The number of hydrogen-bond donors (Lipinski definition) is 0. The van der Waals surface area contributed by atoms with E-state index in [9.17, 15) is 4.79 Å². The van der Waals surface area contributed by atoms with E-state index in [2.05, 4.69) is 25.1 Å². The highest BCUT2D eigenvalue weighted by Crippen LogP contribution is 2.66. The Bertz CT molecular complexity index is 762. The Morgan fingerprint density at radius 2 is 2.04 bits per heavy atom. The Kier molecular flexibility index (Phi) is 3.22. The topological polar surface area (TPSA) is 43.1 Å². The molecule has 3 heteroatoms. The third-order valence-corrected chi connectivity index (χ3v) is 8.77. The standard InChI is InChI=1S/C22H29NO2/c1-13(24)17-6-7-18-16-5-4-15-10-20-14(12-23-25-20)11-22(15,3)19(16)8-9-21(17,18)2/h10,12,16-19H,4-9,11H2,1-3H3. The van der Waals surface area contributed by atoms with Crippen LogP contribution >= 0.6 is 0 Å². The molecule has 1 aromatic rings. The molecule has 0 aromatic carbocycles. The second kappa shape index (κ2) is 5.08. The highest BCUT2D eigenvalue weighted by Gasteiger charge is 2.59.